The molecular formula is C31H36N4O3. The molecule has 38 heavy (non-hydrogen) atoms. The highest BCUT2D eigenvalue weighted by atomic mass is 16.5. The molecule has 3 rings (SSSR count). The Hall–Kier alpha value is -4.26. The molecule has 1 heterocycles. The highest BCUT2D eigenvalue weighted by molar-refractivity contribution is 6.14. The number of carbonyl (C=O) groups is 2. The lowest BCUT2D eigenvalue weighted by Gasteiger charge is -2.26. The van der Waals surface area contributed by atoms with Crippen LogP contribution in [-0.2, 0) is 9.53 Å². The molecule has 0 aliphatic heterocycles. The summed E-state index contributed by atoms with van der Waals surface area (Å²) in [5.74, 6) is 0.458. The Labute approximate surface area is 225 Å². The van der Waals surface area contributed by atoms with Crippen LogP contribution in [0.25, 0.3) is 11.1 Å². The first-order valence-electron chi connectivity index (χ1n) is 13.0. The second-order valence-electron chi connectivity index (χ2n) is 8.68. The van der Waals surface area contributed by atoms with Crippen LogP contribution in [0.3, 0.4) is 0 Å². The van der Waals surface area contributed by atoms with Gasteiger partial charge in [-0.1, -0.05) is 61.0 Å². The molecule has 198 valence electrons. The fourth-order valence-corrected chi connectivity index (χ4v) is 4.33. The molecular weight excluding hydrogens is 476 g/mol. The van der Waals surface area contributed by atoms with E-state index in [0.717, 1.165) is 37.7 Å². The molecule has 7 heteroatoms. The van der Waals surface area contributed by atoms with Crippen molar-refractivity contribution < 1.29 is 14.3 Å². The number of hydrogen-bond donors (Lipinski definition) is 1. The Balaban J connectivity index is 2.27. The van der Waals surface area contributed by atoms with E-state index in [-0.39, 0.29) is 6.61 Å². The molecule has 0 radical (unpaired) electrons. The molecule has 7 nitrogen and oxygen atoms in total. The number of allylic oxidation sites excluding steroid dienone is 1. The van der Waals surface area contributed by atoms with Crippen molar-refractivity contribution >= 4 is 29.7 Å². The van der Waals surface area contributed by atoms with Gasteiger partial charge in [-0.3, -0.25) is 14.7 Å². The van der Waals surface area contributed by atoms with Gasteiger partial charge in [-0.2, -0.15) is 0 Å². The minimum absolute atomic E-state index is 0.228. The molecule has 0 bridgehead atoms. The zero-order chi connectivity index (χ0) is 27.3. The topological polar surface area (TPSA) is 83.9 Å². The van der Waals surface area contributed by atoms with Gasteiger partial charge in [0, 0.05) is 19.2 Å². The zero-order valence-corrected chi connectivity index (χ0v) is 22.4. The lowest BCUT2D eigenvalue weighted by Crippen LogP contribution is -2.31. The SMILES string of the molecule is C=CCCCCCNC(=NC)c1c(N(C=O)c2ccccc2)nc(C)c(C(=O)OCC)c1-c1ccccc1. The number of esters is 1. The van der Waals surface area contributed by atoms with E-state index in [1.807, 2.05) is 66.7 Å². The molecule has 0 spiro atoms. The van der Waals surface area contributed by atoms with Crippen molar-refractivity contribution in [1.82, 2.24) is 10.3 Å². The third kappa shape index (κ3) is 6.73. The highest BCUT2D eigenvalue weighted by Crippen LogP contribution is 2.37. The van der Waals surface area contributed by atoms with E-state index < -0.39 is 5.97 Å². The number of aliphatic imine (C=N–C) groups is 1. The van der Waals surface area contributed by atoms with Crippen molar-refractivity contribution in [3.05, 3.63) is 90.1 Å². The van der Waals surface area contributed by atoms with Crippen LogP contribution in [0.15, 0.2) is 78.3 Å². The monoisotopic (exact) mass is 512 g/mol. The third-order valence-electron chi connectivity index (χ3n) is 6.11. The smallest absolute Gasteiger partial charge is 0.340 e. The van der Waals surface area contributed by atoms with Gasteiger partial charge in [-0.15, -0.1) is 6.58 Å². The fraction of sp³-hybridized carbons (Fsp3) is 0.290. The summed E-state index contributed by atoms with van der Waals surface area (Å²) in [7, 11) is 1.69. The first-order chi connectivity index (χ1) is 18.6. The Morgan fingerprint density at radius 3 is 2.34 bits per heavy atom. The molecule has 2 aromatic carbocycles. The Morgan fingerprint density at radius 1 is 1.05 bits per heavy atom. The van der Waals surface area contributed by atoms with E-state index in [1.165, 1.54) is 4.90 Å². The van der Waals surface area contributed by atoms with Crippen molar-refractivity contribution in [3.8, 4) is 11.1 Å². The number of hydrogen-bond acceptors (Lipinski definition) is 5. The number of ether oxygens (including phenoxy) is 1. The standard InChI is InChI=1S/C31H36N4O3/c1-5-7-8-9-16-21-33-29(32-4)28-27(24-17-12-10-13-18-24)26(31(37)38-6-2)23(3)34-30(28)35(22-36)25-19-14-11-15-20-25/h5,10-15,17-20,22H,1,6-9,16,21H2,2-4H3,(H,32,33). The van der Waals surface area contributed by atoms with Gasteiger partial charge in [-0.05, 0) is 50.8 Å². The first-order valence-corrected chi connectivity index (χ1v) is 13.0. The predicted octanol–water partition coefficient (Wildman–Crippen LogP) is 6.24. The summed E-state index contributed by atoms with van der Waals surface area (Å²) in [6.07, 6.45) is 6.69. The van der Waals surface area contributed by atoms with Gasteiger partial charge >= 0.3 is 5.97 Å². The number of rotatable bonds is 13. The van der Waals surface area contributed by atoms with Crippen molar-refractivity contribution in [1.29, 1.82) is 0 Å². The fourth-order valence-electron chi connectivity index (χ4n) is 4.33. The molecule has 1 N–H and O–H groups in total. The van der Waals surface area contributed by atoms with Crippen LogP contribution < -0.4 is 10.2 Å². The minimum Gasteiger partial charge on any atom is -0.462 e. The molecule has 0 aliphatic carbocycles. The van der Waals surface area contributed by atoms with Gasteiger partial charge in [0.05, 0.1) is 29.1 Å². The number of aryl methyl sites for hydroxylation is 1. The normalized spacial score (nSPS) is 11.1. The van der Waals surface area contributed by atoms with Crippen LogP contribution in [0.2, 0.25) is 0 Å². The number of benzene rings is 2. The van der Waals surface area contributed by atoms with Gasteiger partial charge < -0.3 is 10.1 Å². The van der Waals surface area contributed by atoms with Crippen LogP contribution in [0, 0.1) is 6.92 Å². The lowest BCUT2D eigenvalue weighted by atomic mass is 9.92. The largest absolute Gasteiger partial charge is 0.462 e. The number of carbonyl (C=O) groups excluding carboxylic acids is 2. The second-order valence-corrected chi connectivity index (χ2v) is 8.68. The van der Waals surface area contributed by atoms with Gasteiger partial charge in [0.2, 0.25) is 6.41 Å². The average Bonchev–Trinajstić information content (AvgIpc) is 2.94. The van der Waals surface area contributed by atoms with Crippen LogP contribution in [0.1, 0.15) is 54.2 Å². The molecule has 0 aliphatic rings. The van der Waals surface area contributed by atoms with Crippen molar-refractivity contribution in [2.45, 2.75) is 39.5 Å². The van der Waals surface area contributed by atoms with Gasteiger partial charge in [-0.25, -0.2) is 9.78 Å². The molecule has 1 amide bonds. The molecule has 0 atom stereocenters. The van der Waals surface area contributed by atoms with Gasteiger partial charge in [0.25, 0.3) is 0 Å². The number of amides is 1. The maximum absolute atomic E-state index is 13.3. The van der Waals surface area contributed by atoms with Crippen molar-refractivity contribution in [3.63, 3.8) is 0 Å². The van der Waals surface area contributed by atoms with Gasteiger partial charge in [0.1, 0.15) is 5.84 Å². The average molecular weight is 513 g/mol. The summed E-state index contributed by atoms with van der Waals surface area (Å²) in [5.41, 5.74) is 3.44. The van der Waals surface area contributed by atoms with Crippen LogP contribution in [0.4, 0.5) is 11.5 Å². The molecule has 0 unspecified atom stereocenters. The maximum atomic E-state index is 13.3. The molecule has 0 fully saturated rings. The van der Waals surface area contributed by atoms with E-state index in [0.29, 0.717) is 46.3 Å². The molecule has 3 aromatic rings. The van der Waals surface area contributed by atoms with E-state index in [4.69, 9.17) is 9.72 Å². The lowest BCUT2D eigenvalue weighted by molar-refractivity contribution is -0.106. The number of aromatic nitrogens is 1. The van der Waals surface area contributed by atoms with Crippen molar-refractivity contribution in [2.75, 3.05) is 25.1 Å². The molecule has 0 saturated heterocycles. The number of nitrogens with zero attached hydrogens (tertiary/aromatic N) is 3. The highest BCUT2D eigenvalue weighted by Gasteiger charge is 2.30. The first kappa shape index (κ1) is 28.3. The summed E-state index contributed by atoms with van der Waals surface area (Å²) in [6, 6.07) is 18.9. The predicted molar refractivity (Wildman–Crippen MR) is 154 cm³/mol. The molecule has 1 aromatic heterocycles. The molecule has 0 saturated carbocycles. The third-order valence-corrected chi connectivity index (χ3v) is 6.11. The number of pyridine rings is 1. The van der Waals surface area contributed by atoms with E-state index in [2.05, 4.69) is 16.9 Å². The zero-order valence-electron chi connectivity index (χ0n) is 22.4. The summed E-state index contributed by atoms with van der Waals surface area (Å²) in [4.78, 5) is 36.7. The number of amidine groups is 1. The second kappa shape index (κ2) is 14.5. The van der Waals surface area contributed by atoms with Crippen LogP contribution >= 0.6 is 0 Å². The Bertz CT molecular complexity index is 1260. The number of nitrogens with one attached hydrogen (secondary N) is 1. The summed E-state index contributed by atoms with van der Waals surface area (Å²) < 4.78 is 5.46. The van der Waals surface area contributed by atoms with Crippen molar-refractivity contribution in [2.24, 2.45) is 4.99 Å². The Kier molecular flexibility index (Phi) is 10.8. The summed E-state index contributed by atoms with van der Waals surface area (Å²) in [5, 5.41) is 3.45. The summed E-state index contributed by atoms with van der Waals surface area (Å²) >= 11 is 0. The van der Waals surface area contributed by atoms with E-state index in [9.17, 15) is 9.59 Å². The van der Waals surface area contributed by atoms with E-state index >= 15 is 0 Å². The van der Waals surface area contributed by atoms with Crippen LogP contribution in [-0.4, -0.2) is 43.4 Å². The van der Waals surface area contributed by atoms with Crippen LogP contribution in [0.5, 0.6) is 0 Å². The Morgan fingerprint density at radius 2 is 1.74 bits per heavy atom. The maximum Gasteiger partial charge on any atom is 0.340 e. The van der Waals surface area contributed by atoms with Gasteiger partial charge in [0.15, 0.2) is 5.82 Å². The number of anilines is 2. The summed E-state index contributed by atoms with van der Waals surface area (Å²) in [6.45, 7) is 8.22. The quantitative estimate of drug-likeness (QED) is 0.0732. The number of unbranched alkanes of at least 4 members (excludes halogenated alkanes) is 3. The number of para-hydroxylation sites is 1. The minimum atomic E-state index is -0.471. The van der Waals surface area contributed by atoms with E-state index in [1.54, 1.807) is 20.9 Å².